The Labute approximate surface area is 172 Å². The van der Waals surface area contributed by atoms with Gasteiger partial charge in [0.2, 0.25) is 5.91 Å². The molecule has 1 saturated heterocycles. The third-order valence-corrected chi connectivity index (χ3v) is 5.02. The van der Waals surface area contributed by atoms with Crippen LogP contribution < -0.4 is 5.32 Å². The molecule has 1 aliphatic heterocycles. The van der Waals surface area contributed by atoms with E-state index in [0.717, 1.165) is 17.7 Å². The van der Waals surface area contributed by atoms with Gasteiger partial charge in [-0.1, -0.05) is 24.3 Å². The van der Waals surface area contributed by atoms with Crippen LogP contribution in [-0.2, 0) is 22.3 Å². The number of alkyl halides is 3. The van der Waals surface area contributed by atoms with E-state index in [4.69, 9.17) is 4.74 Å². The Morgan fingerprint density at radius 1 is 1.20 bits per heavy atom. The quantitative estimate of drug-likeness (QED) is 0.738. The van der Waals surface area contributed by atoms with Crippen molar-refractivity contribution in [3.05, 3.63) is 70.8 Å². The first-order valence-electron chi connectivity index (χ1n) is 9.61. The molecule has 0 spiro atoms. The van der Waals surface area contributed by atoms with Gasteiger partial charge in [-0.2, -0.15) is 13.2 Å². The fraction of sp³-hybridized carbons (Fsp3) is 0.364. The number of nitrogens with one attached hydrogen (secondary N) is 1. The highest BCUT2D eigenvalue weighted by molar-refractivity contribution is 5.94. The number of carbonyl (C=O) groups is 2. The molecule has 2 aromatic rings. The van der Waals surface area contributed by atoms with Gasteiger partial charge >= 0.3 is 6.18 Å². The van der Waals surface area contributed by atoms with Crippen LogP contribution in [0.2, 0.25) is 0 Å². The number of nitrogens with zero attached hydrogens (tertiary/aromatic N) is 1. The van der Waals surface area contributed by atoms with Gasteiger partial charge in [-0.25, -0.2) is 0 Å². The molecule has 8 heteroatoms. The maximum absolute atomic E-state index is 13.2. The normalized spacial score (nSPS) is 15.3. The van der Waals surface area contributed by atoms with Gasteiger partial charge < -0.3 is 15.0 Å². The van der Waals surface area contributed by atoms with Crippen molar-refractivity contribution < 1.29 is 27.5 Å². The van der Waals surface area contributed by atoms with E-state index in [1.807, 2.05) is 0 Å². The number of methoxy groups -OCH3 is 1. The molecule has 160 valence electrons. The van der Waals surface area contributed by atoms with Gasteiger partial charge in [0.1, 0.15) is 0 Å². The Kier molecular flexibility index (Phi) is 6.77. The lowest BCUT2D eigenvalue weighted by Crippen LogP contribution is -2.38. The van der Waals surface area contributed by atoms with Gasteiger partial charge in [-0.05, 0) is 41.8 Å². The summed E-state index contributed by atoms with van der Waals surface area (Å²) in [5, 5.41) is 2.80. The van der Waals surface area contributed by atoms with Crippen LogP contribution in [0.25, 0.3) is 0 Å². The number of benzene rings is 2. The van der Waals surface area contributed by atoms with Crippen molar-refractivity contribution in [3.63, 3.8) is 0 Å². The number of rotatable bonds is 7. The molecule has 30 heavy (non-hydrogen) atoms. The molecule has 1 atom stereocenters. The molecule has 1 aliphatic rings. The average molecular weight is 420 g/mol. The van der Waals surface area contributed by atoms with Crippen LogP contribution in [0.1, 0.15) is 45.9 Å². The van der Waals surface area contributed by atoms with E-state index in [1.54, 1.807) is 36.3 Å². The number of hydrogen-bond donors (Lipinski definition) is 1. The topological polar surface area (TPSA) is 58.6 Å². The summed E-state index contributed by atoms with van der Waals surface area (Å²) in [6.45, 7) is 1.05. The molecule has 5 nitrogen and oxygen atoms in total. The number of halogens is 3. The molecule has 1 N–H and O–H groups in total. The Morgan fingerprint density at radius 3 is 2.53 bits per heavy atom. The van der Waals surface area contributed by atoms with Crippen molar-refractivity contribution in [2.45, 2.75) is 31.7 Å². The van der Waals surface area contributed by atoms with E-state index in [0.29, 0.717) is 37.1 Å². The van der Waals surface area contributed by atoms with E-state index in [2.05, 4.69) is 5.32 Å². The van der Waals surface area contributed by atoms with Crippen molar-refractivity contribution in [3.8, 4) is 0 Å². The monoisotopic (exact) mass is 420 g/mol. The summed E-state index contributed by atoms with van der Waals surface area (Å²) in [6, 6.07) is 10.8. The lowest BCUT2D eigenvalue weighted by atomic mass is 10.0. The second-order valence-corrected chi connectivity index (χ2v) is 7.22. The van der Waals surface area contributed by atoms with Crippen molar-refractivity contribution in [1.82, 2.24) is 10.2 Å². The molecule has 1 fully saturated rings. The van der Waals surface area contributed by atoms with Crippen LogP contribution in [0.15, 0.2) is 48.5 Å². The van der Waals surface area contributed by atoms with Crippen molar-refractivity contribution in [2.24, 2.45) is 0 Å². The van der Waals surface area contributed by atoms with Crippen LogP contribution in [-0.4, -0.2) is 36.9 Å². The highest BCUT2D eigenvalue weighted by Crippen LogP contribution is 2.31. The Balaban J connectivity index is 1.84. The second kappa shape index (κ2) is 9.30. The minimum atomic E-state index is -4.49. The summed E-state index contributed by atoms with van der Waals surface area (Å²) in [6.07, 6.45) is -3.39. The molecule has 0 aliphatic carbocycles. The van der Waals surface area contributed by atoms with Crippen LogP contribution in [0.3, 0.4) is 0 Å². The van der Waals surface area contributed by atoms with Gasteiger partial charge in [0.15, 0.2) is 0 Å². The first-order valence-corrected chi connectivity index (χ1v) is 9.61. The minimum Gasteiger partial charge on any atom is -0.380 e. The van der Waals surface area contributed by atoms with E-state index in [-0.39, 0.29) is 12.5 Å². The summed E-state index contributed by atoms with van der Waals surface area (Å²) in [7, 11) is 1.57. The third kappa shape index (κ3) is 5.38. The molecule has 0 radical (unpaired) electrons. The smallest absolute Gasteiger partial charge is 0.380 e. The van der Waals surface area contributed by atoms with E-state index < -0.39 is 23.7 Å². The van der Waals surface area contributed by atoms with Gasteiger partial charge in [0, 0.05) is 32.2 Å². The van der Waals surface area contributed by atoms with Crippen LogP contribution in [0.5, 0.6) is 0 Å². The Bertz CT molecular complexity index is 897. The zero-order chi connectivity index (χ0) is 21.7. The number of amides is 2. The van der Waals surface area contributed by atoms with Crippen LogP contribution >= 0.6 is 0 Å². The second-order valence-electron chi connectivity index (χ2n) is 7.22. The Morgan fingerprint density at radius 2 is 1.93 bits per heavy atom. The largest absolute Gasteiger partial charge is 0.416 e. The minimum absolute atomic E-state index is 0.0647. The number of carbonyl (C=O) groups excluding carboxylic acids is 2. The number of ether oxygens (including phenoxy) is 1. The third-order valence-electron chi connectivity index (χ3n) is 5.02. The molecule has 2 aromatic carbocycles. The van der Waals surface area contributed by atoms with Crippen molar-refractivity contribution in [2.75, 3.05) is 20.2 Å². The maximum atomic E-state index is 13.2. The molecule has 1 heterocycles. The fourth-order valence-electron chi connectivity index (χ4n) is 3.44. The number of likely N-dealkylation sites (tertiary alicyclic amines) is 1. The standard InChI is InChI=1S/C22H23F3N2O3/c1-30-14-15-7-9-16(10-8-15)21(29)26-19(13-27-11-3-6-20(27)28)17-4-2-5-18(12-17)22(23,24)25/h2,4-5,7-10,12,19H,3,6,11,13-14H2,1H3,(H,26,29). The van der Waals surface area contributed by atoms with Crippen molar-refractivity contribution >= 4 is 11.8 Å². The molecule has 1 unspecified atom stereocenters. The molecule has 2 amide bonds. The van der Waals surface area contributed by atoms with Gasteiger partial charge in [-0.15, -0.1) is 0 Å². The van der Waals surface area contributed by atoms with E-state index >= 15 is 0 Å². The van der Waals surface area contributed by atoms with Crippen LogP contribution in [0.4, 0.5) is 13.2 Å². The zero-order valence-corrected chi connectivity index (χ0v) is 16.5. The fourth-order valence-corrected chi connectivity index (χ4v) is 3.44. The van der Waals surface area contributed by atoms with Gasteiger partial charge in [0.05, 0.1) is 18.2 Å². The highest BCUT2D eigenvalue weighted by atomic mass is 19.4. The predicted molar refractivity (Wildman–Crippen MR) is 105 cm³/mol. The SMILES string of the molecule is COCc1ccc(C(=O)NC(CN2CCCC2=O)c2cccc(C(F)(F)F)c2)cc1. The molecule has 0 saturated carbocycles. The lowest BCUT2D eigenvalue weighted by Gasteiger charge is -2.26. The molecular formula is C22H23F3N2O3. The van der Waals surface area contributed by atoms with Gasteiger partial charge in [0.25, 0.3) is 5.91 Å². The summed E-state index contributed by atoms with van der Waals surface area (Å²) in [5.74, 6) is -0.488. The zero-order valence-electron chi connectivity index (χ0n) is 16.5. The van der Waals surface area contributed by atoms with Crippen molar-refractivity contribution in [1.29, 1.82) is 0 Å². The lowest BCUT2D eigenvalue weighted by molar-refractivity contribution is -0.137. The number of hydrogen-bond acceptors (Lipinski definition) is 3. The maximum Gasteiger partial charge on any atom is 0.416 e. The van der Waals surface area contributed by atoms with E-state index in [9.17, 15) is 22.8 Å². The summed E-state index contributed by atoms with van der Waals surface area (Å²) >= 11 is 0. The van der Waals surface area contributed by atoms with Gasteiger partial charge in [-0.3, -0.25) is 9.59 Å². The summed E-state index contributed by atoms with van der Waals surface area (Å²) in [4.78, 5) is 26.4. The first kappa shape index (κ1) is 21.8. The predicted octanol–water partition coefficient (Wildman–Crippen LogP) is 3.95. The summed E-state index contributed by atoms with van der Waals surface area (Å²) < 4.78 is 44.5. The van der Waals surface area contributed by atoms with Crippen LogP contribution in [0, 0.1) is 0 Å². The molecule has 0 aromatic heterocycles. The summed E-state index contributed by atoms with van der Waals surface area (Å²) in [5.41, 5.74) is 0.774. The first-order chi connectivity index (χ1) is 14.3. The Hall–Kier alpha value is -2.87. The molecule has 3 rings (SSSR count). The van der Waals surface area contributed by atoms with E-state index in [1.165, 1.54) is 12.1 Å². The highest BCUT2D eigenvalue weighted by Gasteiger charge is 2.32. The average Bonchev–Trinajstić information content (AvgIpc) is 3.12. The molecular weight excluding hydrogens is 397 g/mol. The molecule has 0 bridgehead atoms.